The highest BCUT2D eigenvalue weighted by atomic mass is 16.6. The molecule has 0 unspecified atom stereocenters. The molecule has 0 aromatic heterocycles. The summed E-state index contributed by atoms with van der Waals surface area (Å²) in [6.45, 7) is 5.20. The molecule has 0 bridgehead atoms. The molecule has 8 heteroatoms. The van der Waals surface area contributed by atoms with Gasteiger partial charge in [0.05, 0.1) is 11.1 Å². The third kappa shape index (κ3) is 5.80. The predicted molar refractivity (Wildman–Crippen MR) is 95.4 cm³/mol. The van der Waals surface area contributed by atoms with Crippen LogP contribution in [0.1, 0.15) is 80.0 Å². The van der Waals surface area contributed by atoms with Crippen LogP contribution in [0.15, 0.2) is 6.07 Å². The molecule has 0 aliphatic carbocycles. The molecule has 0 aliphatic heterocycles. The van der Waals surface area contributed by atoms with Crippen molar-refractivity contribution >= 4 is 23.7 Å². The average molecular weight is 380 g/mol. The zero-order valence-corrected chi connectivity index (χ0v) is 15.7. The number of benzene rings is 1. The third-order valence-corrected chi connectivity index (χ3v) is 3.54. The van der Waals surface area contributed by atoms with Crippen molar-refractivity contribution in [3.8, 4) is 17.2 Å². The minimum absolute atomic E-state index is 0.00180. The van der Waals surface area contributed by atoms with Crippen LogP contribution in [-0.2, 0) is 9.59 Å². The summed E-state index contributed by atoms with van der Waals surface area (Å²) < 4.78 is 10.3. The van der Waals surface area contributed by atoms with E-state index in [-0.39, 0.29) is 19.3 Å². The van der Waals surface area contributed by atoms with Gasteiger partial charge in [-0.25, -0.2) is 4.79 Å². The summed E-state index contributed by atoms with van der Waals surface area (Å²) in [5.41, 5.74) is -0.925. The highest BCUT2D eigenvalue weighted by molar-refractivity contribution is 6.09. The Morgan fingerprint density at radius 2 is 1.33 bits per heavy atom. The van der Waals surface area contributed by atoms with Crippen molar-refractivity contribution in [3.05, 3.63) is 17.2 Å². The molecule has 27 heavy (non-hydrogen) atoms. The number of phenols is 1. The highest BCUT2D eigenvalue weighted by Gasteiger charge is 2.30. The zero-order valence-electron chi connectivity index (χ0n) is 15.7. The molecular formula is C19H24O8. The monoisotopic (exact) mass is 380 g/mol. The Bertz CT molecular complexity index is 736. The fraction of sp³-hybridized carbons (Fsp3) is 0.474. The van der Waals surface area contributed by atoms with Crippen LogP contribution in [-0.4, -0.2) is 33.9 Å². The molecular weight excluding hydrogens is 356 g/mol. The number of rotatable bonds is 10. The van der Waals surface area contributed by atoms with Crippen LogP contribution in [0.25, 0.3) is 0 Å². The zero-order chi connectivity index (χ0) is 20.6. The van der Waals surface area contributed by atoms with Crippen molar-refractivity contribution in [2.45, 2.75) is 59.3 Å². The summed E-state index contributed by atoms with van der Waals surface area (Å²) in [5.74, 6) is -5.29. The number of carbonyl (C=O) groups excluding carboxylic acids is 3. The summed E-state index contributed by atoms with van der Waals surface area (Å²) in [6, 6.07) is 0.816. The number of aromatic carboxylic acids is 1. The Hall–Kier alpha value is -2.90. The van der Waals surface area contributed by atoms with E-state index in [4.69, 9.17) is 9.47 Å². The van der Waals surface area contributed by atoms with Gasteiger partial charge in [0.2, 0.25) is 5.75 Å². The van der Waals surface area contributed by atoms with Gasteiger partial charge in [0, 0.05) is 19.3 Å². The van der Waals surface area contributed by atoms with Crippen molar-refractivity contribution in [2.24, 2.45) is 0 Å². The van der Waals surface area contributed by atoms with Crippen LogP contribution in [0.5, 0.6) is 17.2 Å². The number of hydrogen-bond donors (Lipinski definition) is 2. The van der Waals surface area contributed by atoms with Crippen LogP contribution in [0.4, 0.5) is 0 Å². The number of Topliss-reactive ketones (excluding diaryl/α,β-unsaturated/α-hetero) is 1. The minimum atomic E-state index is -1.48. The first-order valence-electron chi connectivity index (χ1n) is 8.84. The lowest BCUT2D eigenvalue weighted by Crippen LogP contribution is -2.17. The van der Waals surface area contributed by atoms with Crippen molar-refractivity contribution < 1.29 is 38.9 Å². The van der Waals surface area contributed by atoms with Crippen LogP contribution < -0.4 is 9.47 Å². The summed E-state index contributed by atoms with van der Waals surface area (Å²) in [7, 11) is 0. The smallest absolute Gasteiger partial charge is 0.336 e. The van der Waals surface area contributed by atoms with Gasteiger partial charge in [-0.15, -0.1) is 0 Å². The Balaban J connectivity index is 3.66. The lowest BCUT2D eigenvalue weighted by molar-refractivity contribution is -0.137. The first-order valence-corrected chi connectivity index (χ1v) is 8.84. The van der Waals surface area contributed by atoms with E-state index in [1.54, 1.807) is 20.8 Å². The van der Waals surface area contributed by atoms with Gasteiger partial charge in [0.15, 0.2) is 17.3 Å². The Morgan fingerprint density at radius 1 is 0.852 bits per heavy atom. The van der Waals surface area contributed by atoms with Crippen molar-refractivity contribution in [3.63, 3.8) is 0 Å². The summed E-state index contributed by atoms with van der Waals surface area (Å²) in [6.07, 6.45) is 1.37. The SMILES string of the molecule is CCCC(=O)Oc1c(O)cc(C(=O)O)c(C(=O)CCC)c1OC(=O)CCC. The fourth-order valence-electron chi connectivity index (χ4n) is 2.36. The van der Waals surface area contributed by atoms with E-state index in [2.05, 4.69) is 0 Å². The quantitative estimate of drug-likeness (QED) is 0.359. The molecule has 1 rings (SSSR count). The number of esters is 2. The Morgan fingerprint density at radius 3 is 1.78 bits per heavy atom. The molecule has 1 aromatic carbocycles. The van der Waals surface area contributed by atoms with E-state index >= 15 is 0 Å². The fourth-order valence-corrected chi connectivity index (χ4v) is 2.36. The second-order valence-electron chi connectivity index (χ2n) is 5.90. The lowest BCUT2D eigenvalue weighted by atomic mass is 9.98. The van der Waals surface area contributed by atoms with Crippen LogP contribution in [0.2, 0.25) is 0 Å². The maximum Gasteiger partial charge on any atom is 0.336 e. The number of ketones is 1. The lowest BCUT2D eigenvalue weighted by Gasteiger charge is -2.17. The highest BCUT2D eigenvalue weighted by Crippen LogP contribution is 2.43. The predicted octanol–water partition coefficient (Wildman–Crippen LogP) is 3.48. The standard InChI is InChI=1S/C19H24O8/c1-4-7-12(20)16-11(19(24)25)10-13(21)17(26-14(22)8-5-2)18(16)27-15(23)9-6-3/h10,21H,4-9H2,1-3H3,(H,24,25). The number of ether oxygens (including phenoxy) is 2. The van der Waals surface area contributed by atoms with E-state index in [1.807, 2.05) is 0 Å². The van der Waals surface area contributed by atoms with Gasteiger partial charge in [0.1, 0.15) is 0 Å². The van der Waals surface area contributed by atoms with E-state index in [0.29, 0.717) is 19.3 Å². The van der Waals surface area contributed by atoms with Gasteiger partial charge in [-0.05, 0) is 25.3 Å². The second kappa shape index (κ2) is 10.3. The first kappa shape index (κ1) is 22.1. The van der Waals surface area contributed by atoms with Crippen molar-refractivity contribution in [1.29, 1.82) is 0 Å². The number of carboxylic acids is 1. The van der Waals surface area contributed by atoms with Crippen molar-refractivity contribution in [2.75, 3.05) is 0 Å². The van der Waals surface area contributed by atoms with E-state index in [9.17, 15) is 29.4 Å². The largest absolute Gasteiger partial charge is 0.504 e. The van der Waals surface area contributed by atoms with Crippen LogP contribution in [0, 0.1) is 0 Å². The third-order valence-electron chi connectivity index (χ3n) is 3.54. The Kier molecular flexibility index (Phi) is 8.44. The summed E-state index contributed by atoms with van der Waals surface area (Å²) in [5, 5.41) is 19.6. The van der Waals surface area contributed by atoms with Gasteiger partial charge in [-0.3, -0.25) is 14.4 Å². The second-order valence-corrected chi connectivity index (χ2v) is 5.90. The van der Waals surface area contributed by atoms with E-state index in [1.165, 1.54) is 0 Å². The number of carboxylic acid groups (broad SMARTS) is 1. The van der Waals surface area contributed by atoms with Gasteiger partial charge >= 0.3 is 17.9 Å². The molecule has 0 saturated heterocycles. The van der Waals surface area contributed by atoms with Gasteiger partial charge < -0.3 is 19.7 Å². The van der Waals surface area contributed by atoms with Gasteiger partial charge in [-0.2, -0.15) is 0 Å². The van der Waals surface area contributed by atoms with Gasteiger partial charge in [-0.1, -0.05) is 20.8 Å². The van der Waals surface area contributed by atoms with Crippen molar-refractivity contribution in [1.82, 2.24) is 0 Å². The molecule has 0 atom stereocenters. The van der Waals surface area contributed by atoms with Crippen LogP contribution >= 0.6 is 0 Å². The first-order chi connectivity index (χ1) is 12.8. The minimum Gasteiger partial charge on any atom is -0.504 e. The molecule has 0 amide bonds. The molecule has 0 fully saturated rings. The summed E-state index contributed by atoms with van der Waals surface area (Å²) >= 11 is 0. The summed E-state index contributed by atoms with van der Waals surface area (Å²) in [4.78, 5) is 48.0. The molecule has 0 heterocycles. The molecule has 0 saturated carbocycles. The molecule has 148 valence electrons. The molecule has 0 aliphatic rings. The average Bonchev–Trinajstić information content (AvgIpc) is 2.58. The maximum atomic E-state index is 12.5. The van der Waals surface area contributed by atoms with Gasteiger partial charge in [0.25, 0.3) is 0 Å². The normalized spacial score (nSPS) is 10.3. The number of hydrogen-bond acceptors (Lipinski definition) is 7. The number of carbonyl (C=O) groups is 4. The number of aromatic hydroxyl groups is 1. The van der Waals surface area contributed by atoms with E-state index in [0.717, 1.165) is 6.07 Å². The molecule has 2 N–H and O–H groups in total. The topological polar surface area (TPSA) is 127 Å². The maximum absolute atomic E-state index is 12.5. The molecule has 0 radical (unpaired) electrons. The van der Waals surface area contributed by atoms with Crippen LogP contribution in [0.3, 0.4) is 0 Å². The molecule has 8 nitrogen and oxygen atoms in total. The molecule has 0 spiro atoms. The Labute approximate surface area is 157 Å². The molecule has 1 aromatic rings. The van der Waals surface area contributed by atoms with E-state index < -0.39 is 52.1 Å². The number of phenolic OH excluding ortho intramolecular Hbond substituents is 1.